The van der Waals surface area contributed by atoms with Crippen molar-refractivity contribution < 1.29 is 4.79 Å². The van der Waals surface area contributed by atoms with Crippen LogP contribution >= 0.6 is 23.2 Å². The Morgan fingerprint density at radius 2 is 2.24 bits per heavy atom. The van der Waals surface area contributed by atoms with E-state index in [2.05, 4.69) is 16.4 Å². The van der Waals surface area contributed by atoms with Crippen molar-refractivity contribution in [2.75, 3.05) is 6.54 Å². The average Bonchev–Trinajstić information content (AvgIpc) is 2.29. The van der Waals surface area contributed by atoms with E-state index in [1.54, 1.807) is 13.8 Å². The molecule has 1 heterocycles. The highest BCUT2D eigenvalue weighted by molar-refractivity contribution is 6.35. The maximum atomic E-state index is 11.8. The van der Waals surface area contributed by atoms with Gasteiger partial charge in [0.1, 0.15) is 5.15 Å². The van der Waals surface area contributed by atoms with Gasteiger partial charge in [-0.2, -0.15) is 5.26 Å². The van der Waals surface area contributed by atoms with Gasteiger partial charge in [-0.15, -0.1) is 0 Å². The lowest BCUT2D eigenvalue weighted by Crippen LogP contribution is -2.33. The van der Waals surface area contributed by atoms with Crippen LogP contribution in [-0.2, 0) is 0 Å². The highest BCUT2D eigenvalue weighted by Gasteiger charge is 2.19. The Morgan fingerprint density at radius 3 is 2.82 bits per heavy atom. The first-order chi connectivity index (χ1) is 7.85. The summed E-state index contributed by atoms with van der Waals surface area (Å²) in [4.78, 5) is 15.5. The number of carbonyl (C=O) groups is 1. The lowest BCUT2D eigenvalue weighted by atomic mass is 9.96. The molecule has 0 atom stereocenters. The largest absolute Gasteiger partial charge is 0.350 e. The summed E-state index contributed by atoms with van der Waals surface area (Å²) < 4.78 is 0. The SMILES string of the molecule is CC(C)(C#N)CNC(=O)c1cc(Cl)ncc1Cl. The molecule has 6 heteroatoms. The number of hydrogen-bond donors (Lipinski definition) is 1. The fourth-order valence-electron chi connectivity index (χ4n) is 1.02. The van der Waals surface area contributed by atoms with E-state index >= 15 is 0 Å². The summed E-state index contributed by atoms with van der Waals surface area (Å²) in [6.45, 7) is 3.70. The Hall–Kier alpha value is -1.31. The van der Waals surface area contributed by atoms with Gasteiger partial charge >= 0.3 is 0 Å². The number of halogens is 2. The second kappa shape index (κ2) is 5.35. The van der Waals surface area contributed by atoms with Crippen LogP contribution in [0, 0.1) is 16.7 Å². The van der Waals surface area contributed by atoms with Gasteiger partial charge in [0, 0.05) is 12.7 Å². The molecule has 0 fully saturated rings. The van der Waals surface area contributed by atoms with Crippen molar-refractivity contribution in [2.45, 2.75) is 13.8 Å². The number of pyridine rings is 1. The Balaban J connectivity index is 2.78. The van der Waals surface area contributed by atoms with E-state index in [0.29, 0.717) is 0 Å². The lowest BCUT2D eigenvalue weighted by Gasteiger charge is -2.16. The first kappa shape index (κ1) is 13.8. The number of nitrogens with one attached hydrogen (secondary N) is 1. The van der Waals surface area contributed by atoms with Crippen LogP contribution in [0.2, 0.25) is 10.2 Å². The third-order valence-corrected chi connectivity index (χ3v) is 2.57. The first-order valence-corrected chi connectivity index (χ1v) is 5.62. The summed E-state index contributed by atoms with van der Waals surface area (Å²) in [5.41, 5.74) is -0.376. The zero-order valence-corrected chi connectivity index (χ0v) is 10.9. The standard InChI is InChI=1S/C11H11Cl2N3O/c1-11(2,5-14)6-16-10(17)7-3-9(13)15-4-8(7)12/h3-4H,6H2,1-2H3,(H,16,17). The minimum Gasteiger partial charge on any atom is -0.350 e. The molecule has 0 radical (unpaired) electrons. The Labute approximate surface area is 110 Å². The number of carbonyl (C=O) groups excluding carboxylic acids is 1. The molecule has 0 aliphatic heterocycles. The molecule has 1 aromatic rings. The molecule has 1 amide bonds. The molecule has 17 heavy (non-hydrogen) atoms. The summed E-state index contributed by atoms with van der Waals surface area (Å²) in [6, 6.07) is 3.48. The summed E-state index contributed by atoms with van der Waals surface area (Å²) >= 11 is 11.5. The summed E-state index contributed by atoms with van der Waals surface area (Å²) in [7, 11) is 0. The van der Waals surface area contributed by atoms with Gasteiger partial charge in [0.15, 0.2) is 0 Å². The van der Waals surface area contributed by atoms with Crippen LogP contribution in [0.4, 0.5) is 0 Å². The topological polar surface area (TPSA) is 65.8 Å². The van der Waals surface area contributed by atoms with Crippen molar-refractivity contribution in [3.8, 4) is 6.07 Å². The molecular formula is C11H11Cl2N3O. The van der Waals surface area contributed by atoms with E-state index < -0.39 is 5.41 Å². The summed E-state index contributed by atoms with van der Waals surface area (Å²) in [5, 5.41) is 11.9. The van der Waals surface area contributed by atoms with E-state index in [9.17, 15) is 4.79 Å². The van der Waals surface area contributed by atoms with Gasteiger partial charge in [-0.1, -0.05) is 23.2 Å². The molecule has 0 aliphatic carbocycles. The van der Waals surface area contributed by atoms with E-state index in [0.717, 1.165) is 0 Å². The molecule has 0 aliphatic rings. The van der Waals surface area contributed by atoms with Gasteiger partial charge in [-0.05, 0) is 19.9 Å². The van der Waals surface area contributed by atoms with Crippen molar-refractivity contribution in [3.63, 3.8) is 0 Å². The number of rotatable bonds is 3. The van der Waals surface area contributed by atoms with Gasteiger partial charge in [0.25, 0.3) is 5.91 Å². The summed E-state index contributed by atoms with van der Waals surface area (Å²) in [6.07, 6.45) is 1.31. The van der Waals surface area contributed by atoms with Crippen LogP contribution in [0.3, 0.4) is 0 Å². The normalized spacial score (nSPS) is 10.8. The maximum absolute atomic E-state index is 11.8. The molecule has 0 saturated heterocycles. The minimum atomic E-state index is -0.626. The lowest BCUT2D eigenvalue weighted by molar-refractivity contribution is 0.0944. The van der Waals surface area contributed by atoms with Crippen molar-refractivity contribution in [1.29, 1.82) is 5.26 Å². The van der Waals surface area contributed by atoms with Crippen LogP contribution in [0.25, 0.3) is 0 Å². The quantitative estimate of drug-likeness (QED) is 0.860. The molecule has 0 spiro atoms. The molecule has 90 valence electrons. The number of amides is 1. The third-order valence-electron chi connectivity index (χ3n) is 2.06. The zero-order valence-electron chi connectivity index (χ0n) is 9.42. The molecule has 0 unspecified atom stereocenters. The Morgan fingerprint density at radius 1 is 1.59 bits per heavy atom. The Kier molecular flexibility index (Phi) is 4.33. The fourth-order valence-corrected chi connectivity index (χ4v) is 1.37. The Bertz CT molecular complexity index is 480. The number of nitriles is 1. The summed E-state index contributed by atoms with van der Waals surface area (Å²) in [5.74, 6) is -0.373. The van der Waals surface area contributed by atoms with Gasteiger partial charge < -0.3 is 5.32 Å². The van der Waals surface area contributed by atoms with E-state index in [-0.39, 0.29) is 28.2 Å². The molecule has 1 rings (SSSR count). The van der Waals surface area contributed by atoms with E-state index in [1.807, 2.05) is 0 Å². The first-order valence-electron chi connectivity index (χ1n) is 4.86. The van der Waals surface area contributed by atoms with Crippen LogP contribution < -0.4 is 5.32 Å². The van der Waals surface area contributed by atoms with Crippen LogP contribution in [0.5, 0.6) is 0 Å². The van der Waals surface area contributed by atoms with Crippen molar-refractivity contribution in [3.05, 3.63) is 28.0 Å². The minimum absolute atomic E-state index is 0.194. The number of aromatic nitrogens is 1. The van der Waals surface area contributed by atoms with E-state index in [4.69, 9.17) is 28.5 Å². The van der Waals surface area contributed by atoms with Gasteiger partial charge in [-0.3, -0.25) is 4.79 Å². The smallest absolute Gasteiger partial charge is 0.253 e. The molecular weight excluding hydrogens is 261 g/mol. The highest BCUT2D eigenvalue weighted by atomic mass is 35.5. The van der Waals surface area contributed by atoms with Crippen molar-refractivity contribution in [1.82, 2.24) is 10.3 Å². The second-order valence-corrected chi connectivity index (χ2v) is 4.96. The number of hydrogen-bond acceptors (Lipinski definition) is 3. The van der Waals surface area contributed by atoms with Gasteiger partial charge in [0.05, 0.1) is 22.1 Å². The van der Waals surface area contributed by atoms with Crippen molar-refractivity contribution in [2.24, 2.45) is 5.41 Å². The van der Waals surface area contributed by atoms with Gasteiger partial charge in [0.2, 0.25) is 0 Å². The molecule has 1 N–H and O–H groups in total. The van der Waals surface area contributed by atoms with Crippen LogP contribution in [0.1, 0.15) is 24.2 Å². The molecule has 1 aromatic heterocycles. The van der Waals surface area contributed by atoms with Gasteiger partial charge in [-0.25, -0.2) is 4.98 Å². The second-order valence-electron chi connectivity index (χ2n) is 4.17. The molecule has 0 bridgehead atoms. The fraction of sp³-hybridized carbons (Fsp3) is 0.364. The molecule has 0 saturated carbocycles. The third kappa shape index (κ3) is 3.88. The van der Waals surface area contributed by atoms with Crippen LogP contribution in [-0.4, -0.2) is 17.4 Å². The average molecular weight is 272 g/mol. The number of nitrogens with zero attached hydrogens (tertiary/aromatic N) is 2. The van der Waals surface area contributed by atoms with E-state index in [1.165, 1.54) is 12.3 Å². The predicted octanol–water partition coefficient (Wildman–Crippen LogP) is 2.67. The predicted molar refractivity (Wildman–Crippen MR) is 66.0 cm³/mol. The molecule has 4 nitrogen and oxygen atoms in total. The monoisotopic (exact) mass is 271 g/mol. The van der Waals surface area contributed by atoms with Crippen molar-refractivity contribution >= 4 is 29.1 Å². The zero-order chi connectivity index (χ0) is 13.1. The molecule has 0 aromatic carbocycles. The van der Waals surface area contributed by atoms with Crippen LogP contribution in [0.15, 0.2) is 12.3 Å². The maximum Gasteiger partial charge on any atom is 0.253 e. The highest BCUT2D eigenvalue weighted by Crippen LogP contribution is 2.18.